The van der Waals surface area contributed by atoms with E-state index in [0.29, 0.717) is 29.2 Å². The van der Waals surface area contributed by atoms with E-state index in [1.165, 1.54) is 11.3 Å². The van der Waals surface area contributed by atoms with Crippen molar-refractivity contribution in [3.63, 3.8) is 0 Å². The molecular formula is C19H24ClN3O2S. The number of thiophene rings is 1. The van der Waals surface area contributed by atoms with Gasteiger partial charge < -0.3 is 16.0 Å². The zero-order chi connectivity index (χ0) is 18.0. The first-order valence-corrected chi connectivity index (χ1v) is 9.24. The SMILES string of the molecule is CC1(C)CN(C(=O)c2cccc(NC(=O)c3cccs3)c2)CCC1N.Cl. The van der Waals surface area contributed by atoms with Gasteiger partial charge in [-0.2, -0.15) is 0 Å². The highest BCUT2D eigenvalue weighted by Gasteiger charge is 2.35. The van der Waals surface area contributed by atoms with Crippen LogP contribution in [0, 0.1) is 5.41 Å². The quantitative estimate of drug-likeness (QED) is 0.836. The lowest BCUT2D eigenvalue weighted by Crippen LogP contribution is -2.54. The summed E-state index contributed by atoms with van der Waals surface area (Å²) in [6.07, 6.45) is 0.799. The second kappa shape index (κ2) is 8.20. The standard InChI is InChI=1S/C19H23N3O2S.ClH/c1-19(2)12-22(9-8-16(19)20)18(24)13-5-3-6-14(11-13)21-17(23)15-7-4-10-25-15;/h3-7,10-11,16H,8-9,12,20H2,1-2H3,(H,21,23);1H. The van der Waals surface area contributed by atoms with Crippen LogP contribution < -0.4 is 11.1 Å². The first-order chi connectivity index (χ1) is 11.9. The van der Waals surface area contributed by atoms with Crippen molar-refractivity contribution >= 4 is 41.2 Å². The van der Waals surface area contributed by atoms with E-state index in [9.17, 15) is 9.59 Å². The number of rotatable bonds is 3. The summed E-state index contributed by atoms with van der Waals surface area (Å²) in [4.78, 5) is 27.5. The molecule has 1 saturated heterocycles. The number of amides is 2. The number of hydrogen-bond donors (Lipinski definition) is 2. The van der Waals surface area contributed by atoms with Gasteiger partial charge in [-0.05, 0) is 41.5 Å². The highest BCUT2D eigenvalue weighted by atomic mass is 35.5. The first-order valence-electron chi connectivity index (χ1n) is 8.36. The van der Waals surface area contributed by atoms with Gasteiger partial charge in [-0.1, -0.05) is 26.0 Å². The first kappa shape index (κ1) is 20.4. The van der Waals surface area contributed by atoms with Gasteiger partial charge in [-0.3, -0.25) is 9.59 Å². The maximum absolute atomic E-state index is 12.8. The second-order valence-electron chi connectivity index (χ2n) is 7.12. The lowest BCUT2D eigenvalue weighted by Gasteiger charge is -2.42. The molecule has 1 aliphatic rings. The molecule has 0 spiro atoms. The van der Waals surface area contributed by atoms with Gasteiger partial charge in [0.15, 0.2) is 0 Å². The highest BCUT2D eigenvalue weighted by Crippen LogP contribution is 2.29. The van der Waals surface area contributed by atoms with Gasteiger partial charge in [0.05, 0.1) is 4.88 Å². The molecule has 5 nitrogen and oxygen atoms in total. The van der Waals surface area contributed by atoms with Crippen LogP contribution in [0.15, 0.2) is 41.8 Å². The number of nitrogens with two attached hydrogens (primary N) is 1. The number of hydrogen-bond acceptors (Lipinski definition) is 4. The zero-order valence-electron chi connectivity index (χ0n) is 14.9. The van der Waals surface area contributed by atoms with Crippen LogP contribution in [0.25, 0.3) is 0 Å². The van der Waals surface area contributed by atoms with E-state index in [0.717, 1.165) is 6.42 Å². The molecule has 1 aromatic heterocycles. The van der Waals surface area contributed by atoms with Crippen LogP contribution in [0.5, 0.6) is 0 Å². The van der Waals surface area contributed by atoms with E-state index < -0.39 is 0 Å². The van der Waals surface area contributed by atoms with E-state index in [1.54, 1.807) is 30.3 Å². The van der Waals surface area contributed by atoms with Crippen molar-refractivity contribution < 1.29 is 9.59 Å². The molecule has 2 amide bonds. The summed E-state index contributed by atoms with van der Waals surface area (Å²) in [5.41, 5.74) is 7.26. The van der Waals surface area contributed by atoms with Crippen molar-refractivity contribution in [2.45, 2.75) is 26.3 Å². The van der Waals surface area contributed by atoms with Crippen molar-refractivity contribution in [1.82, 2.24) is 4.90 Å². The number of carbonyl (C=O) groups excluding carboxylic acids is 2. The smallest absolute Gasteiger partial charge is 0.265 e. The van der Waals surface area contributed by atoms with Crippen LogP contribution in [-0.2, 0) is 0 Å². The van der Waals surface area contributed by atoms with E-state index in [4.69, 9.17) is 5.73 Å². The molecule has 2 heterocycles. The molecule has 3 N–H and O–H groups in total. The minimum absolute atomic E-state index is 0. The summed E-state index contributed by atoms with van der Waals surface area (Å²) in [7, 11) is 0. The van der Waals surface area contributed by atoms with Crippen LogP contribution in [-0.4, -0.2) is 35.8 Å². The molecule has 1 atom stereocenters. The lowest BCUT2D eigenvalue weighted by molar-refractivity contribution is 0.0533. The molecule has 0 radical (unpaired) electrons. The molecule has 0 aliphatic carbocycles. The number of carbonyl (C=O) groups is 2. The number of benzene rings is 1. The largest absolute Gasteiger partial charge is 0.338 e. The lowest BCUT2D eigenvalue weighted by atomic mass is 9.79. The maximum Gasteiger partial charge on any atom is 0.265 e. The third-order valence-electron chi connectivity index (χ3n) is 4.71. The Balaban J connectivity index is 0.00000243. The summed E-state index contributed by atoms with van der Waals surface area (Å²) < 4.78 is 0. The Morgan fingerprint density at radius 1 is 1.27 bits per heavy atom. The second-order valence-corrected chi connectivity index (χ2v) is 8.07. The minimum atomic E-state index is -0.162. The highest BCUT2D eigenvalue weighted by molar-refractivity contribution is 7.12. The molecule has 1 aromatic carbocycles. The Kier molecular flexibility index (Phi) is 6.44. The van der Waals surface area contributed by atoms with Crippen LogP contribution >= 0.6 is 23.7 Å². The topological polar surface area (TPSA) is 75.4 Å². The fourth-order valence-electron chi connectivity index (χ4n) is 3.06. The van der Waals surface area contributed by atoms with Crippen molar-refractivity contribution in [2.24, 2.45) is 11.1 Å². The normalized spacial score (nSPS) is 18.7. The number of nitrogens with one attached hydrogen (secondary N) is 1. The molecular weight excluding hydrogens is 370 g/mol. The third kappa shape index (κ3) is 4.44. The molecule has 1 fully saturated rings. The predicted octanol–water partition coefficient (Wildman–Crippen LogP) is 3.62. The van der Waals surface area contributed by atoms with Gasteiger partial charge in [0.25, 0.3) is 11.8 Å². The van der Waals surface area contributed by atoms with Crippen LogP contribution in [0.1, 0.15) is 40.3 Å². The van der Waals surface area contributed by atoms with Gasteiger partial charge >= 0.3 is 0 Å². The average Bonchev–Trinajstić information content (AvgIpc) is 3.11. The number of nitrogens with zero attached hydrogens (tertiary/aromatic N) is 1. The molecule has 3 rings (SSSR count). The fraction of sp³-hybridized carbons (Fsp3) is 0.368. The third-order valence-corrected chi connectivity index (χ3v) is 5.58. The molecule has 1 unspecified atom stereocenters. The number of piperidine rings is 1. The monoisotopic (exact) mass is 393 g/mol. The minimum Gasteiger partial charge on any atom is -0.338 e. The molecule has 2 aromatic rings. The van der Waals surface area contributed by atoms with Crippen LogP contribution in [0.2, 0.25) is 0 Å². The predicted molar refractivity (Wildman–Crippen MR) is 108 cm³/mol. The molecule has 0 saturated carbocycles. The summed E-state index contributed by atoms with van der Waals surface area (Å²) in [5, 5.41) is 4.71. The Bertz CT molecular complexity index is 777. The van der Waals surface area contributed by atoms with Gasteiger partial charge in [0, 0.05) is 30.4 Å². The van der Waals surface area contributed by atoms with Crippen molar-refractivity contribution in [1.29, 1.82) is 0 Å². The van der Waals surface area contributed by atoms with Crippen molar-refractivity contribution in [2.75, 3.05) is 18.4 Å². The Hall–Kier alpha value is -1.89. The van der Waals surface area contributed by atoms with Crippen LogP contribution in [0.3, 0.4) is 0 Å². The van der Waals surface area contributed by atoms with E-state index in [2.05, 4.69) is 19.2 Å². The summed E-state index contributed by atoms with van der Waals surface area (Å²) in [6.45, 7) is 5.48. The summed E-state index contributed by atoms with van der Waals surface area (Å²) >= 11 is 1.38. The molecule has 0 bridgehead atoms. The summed E-state index contributed by atoms with van der Waals surface area (Å²) in [6, 6.07) is 10.8. The Morgan fingerprint density at radius 3 is 2.69 bits per heavy atom. The molecule has 7 heteroatoms. The van der Waals surface area contributed by atoms with Gasteiger partial charge in [0.2, 0.25) is 0 Å². The molecule has 1 aliphatic heterocycles. The molecule has 140 valence electrons. The number of anilines is 1. The van der Waals surface area contributed by atoms with Crippen LogP contribution in [0.4, 0.5) is 5.69 Å². The zero-order valence-corrected chi connectivity index (χ0v) is 16.5. The molecule has 26 heavy (non-hydrogen) atoms. The maximum atomic E-state index is 12.8. The van der Waals surface area contributed by atoms with Gasteiger partial charge in [-0.25, -0.2) is 0 Å². The van der Waals surface area contributed by atoms with Crippen molar-refractivity contribution in [3.8, 4) is 0 Å². The number of likely N-dealkylation sites (tertiary alicyclic amines) is 1. The Morgan fingerprint density at radius 2 is 2.04 bits per heavy atom. The average molecular weight is 394 g/mol. The van der Waals surface area contributed by atoms with E-state index in [-0.39, 0.29) is 35.7 Å². The van der Waals surface area contributed by atoms with E-state index >= 15 is 0 Å². The Labute approximate surface area is 164 Å². The van der Waals surface area contributed by atoms with E-state index in [1.807, 2.05) is 16.3 Å². The van der Waals surface area contributed by atoms with Gasteiger partial charge in [0.1, 0.15) is 0 Å². The summed E-state index contributed by atoms with van der Waals surface area (Å²) in [5.74, 6) is -0.183. The van der Waals surface area contributed by atoms with Crippen molar-refractivity contribution in [3.05, 3.63) is 52.2 Å². The van der Waals surface area contributed by atoms with Gasteiger partial charge in [-0.15, -0.1) is 23.7 Å². The fourth-order valence-corrected chi connectivity index (χ4v) is 3.68. The number of halogens is 1.